The first kappa shape index (κ1) is 13.1. The second-order valence-electron chi connectivity index (χ2n) is 7.24. The van der Waals surface area contributed by atoms with Crippen LogP contribution in [-0.4, -0.2) is 29.8 Å². The Balaban J connectivity index is 2.00. The summed E-state index contributed by atoms with van der Waals surface area (Å²) in [6, 6.07) is 0.420. The van der Waals surface area contributed by atoms with Crippen LogP contribution in [0, 0.1) is 22.7 Å². The molecule has 1 saturated carbocycles. The van der Waals surface area contributed by atoms with E-state index in [1.165, 1.54) is 6.54 Å². The zero-order valence-electron chi connectivity index (χ0n) is 12.2. The van der Waals surface area contributed by atoms with Gasteiger partial charge in [-0.1, -0.05) is 34.6 Å². The Hall–Kier alpha value is -0.370. The standard InChI is InChI=1S/C15H27NO/c1-10-11(2)16(8-7-12(10)17)9-13-14(3,4)15(13,5)6/h10-11,13H,7-9H2,1-6H3. The third-order valence-corrected chi connectivity index (χ3v) is 6.19. The molecule has 2 unspecified atom stereocenters. The first-order valence-electron chi connectivity index (χ1n) is 6.96. The molecule has 1 heterocycles. The van der Waals surface area contributed by atoms with Gasteiger partial charge in [0.2, 0.25) is 0 Å². The molecule has 2 rings (SSSR count). The van der Waals surface area contributed by atoms with Gasteiger partial charge in [-0.15, -0.1) is 0 Å². The number of hydrogen-bond acceptors (Lipinski definition) is 2. The Labute approximate surface area is 106 Å². The Morgan fingerprint density at radius 2 is 1.71 bits per heavy atom. The summed E-state index contributed by atoms with van der Waals surface area (Å²) >= 11 is 0. The number of ketones is 1. The molecule has 0 spiro atoms. The maximum Gasteiger partial charge on any atom is 0.138 e. The Morgan fingerprint density at radius 3 is 2.18 bits per heavy atom. The van der Waals surface area contributed by atoms with E-state index in [1.54, 1.807) is 0 Å². The lowest BCUT2D eigenvalue weighted by atomic mass is 9.90. The highest BCUT2D eigenvalue weighted by atomic mass is 16.1. The monoisotopic (exact) mass is 237 g/mol. The summed E-state index contributed by atoms with van der Waals surface area (Å²) in [6.45, 7) is 15.9. The molecule has 0 bridgehead atoms. The second-order valence-corrected chi connectivity index (χ2v) is 7.24. The molecule has 1 aliphatic carbocycles. The van der Waals surface area contributed by atoms with Crippen LogP contribution in [0.25, 0.3) is 0 Å². The van der Waals surface area contributed by atoms with Gasteiger partial charge >= 0.3 is 0 Å². The molecule has 1 saturated heterocycles. The average molecular weight is 237 g/mol. The van der Waals surface area contributed by atoms with Crippen molar-refractivity contribution in [2.45, 2.75) is 54.0 Å². The van der Waals surface area contributed by atoms with Gasteiger partial charge in [-0.3, -0.25) is 9.69 Å². The fraction of sp³-hybridized carbons (Fsp3) is 0.933. The van der Waals surface area contributed by atoms with Crippen LogP contribution in [0.4, 0.5) is 0 Å². The molecule has 1 aliphatic heterocycles. The summed E-state index contributed by atoms with van der Waals surface area (Å²) in [5.41, 5.74) is 0.912. The van der Waals surface area contributed by atoms with E-state index in [2.05, 4.69) is 46.4 Å². The molecule has 17 heavy (non-hydrogen) atoms. The minimum atomic E-state index is 0.216. The molecule has 2 atom stereocenters. The van der Waals surface area contributed by atoms with Gasteiger partial charge in [0.25, 0.3) is 0 Å². The molecule has 0 radical (unpaired) electrons. The van der Waals surface area contributed by atoms with Crippen molar-refractivity contribution in [2.75, 3.05) is 13.1 Å². The van der Waals surface area contributed by atoms with Gasteiger partial charge in [-0.2, -0.15) is 0 Å². The minimum Gasteiger partial charge on any atom is -0.299 e. The third-order valence-electron chi connectivity index (χ3n) is 6.19. The fourth-order valence-electron chi connectivity index (χ4n) is 3.55. The second kappa shape index (κ2) is 3.81. The predicted molar refractivity (Wildman–Crippen MR) is 70.9 cm³/mol. The van der Waals surface area contributed by atoms with E-state index < -0.39 is 0 Å². The zero-order chi connectivity index (χ0) is 13.0. The molecule has 2 aliphatic rings. The van der Waals surface area contributed by atoms with Crippen molar-refractivity contribution in [1.82, 2.24) is 4.90 Å². The van der Waals surface area contributed by atoms with Crippen molar-refractivity contribution in [2.24, 2.45) is 22.7 Å². The van der Waals surface area contributed by atoms with Gasteiger partial charge < -0.3 is 0 Å². The lowest BCUT2D eigenvalue weighted by Gasteiger charge is -2.37. The Bertz CT molecular complexity index is 318. The van der Waals surface area contributed by atoms with Crippen molar-refractivity contribution in [1.29, 1.82) is 0 Å². The number of Topliss-reactive ketones (excluding diaryl/α,β-unsaturated/α-hetero) is 1. The number of carbonyl (C=O) groups excluding carboxylic acids is 1. The van der Waals surface area contributed by atoms with E-state index in [4.69, 9.17) is 0 Å². The van der Waals surface area contributed by atoms with E-state index in [9.17, 15) is 4.79 Å². The van der Waals surface area contributed by atoms with Crippen LogP contribution in [0.3, 0.4) is 0 Å². The van der Waals surface area contributed by atoms with Crippen molar-refractivity contribution in [3.05, 3.63) is 0 Å². The highest BCUT2D eigenvalue weighted by Gasteiger charge is 2.64. The summed E-state index contributed by atoms with van der Waals surface area (Å²) < 4.78 is 0. The normalized spacial score (nSPS) is 37.2. The molecule has 2 nitrogen and oxygen atoms in total. The molecule has 0 amide bonds. The third kappa shape index (κ3) is 1.85. The smallest absolute Gasteiger partial charge is 0.138 e. The van der Waals surface area contributed by atoms with Crippen molar-refractivity contribution >= 4 is 5.78 Å². The van der Waals surface area contributed by atoms with Crippen LogP contribution >= 0.6 is 0 Å². The van der Waals surface area contributed by atoms with Crippen LogP contribution in [-0.2, 0) is 4.79 Å². The number of hydrogen-bond donors (Lipinski definition) is 0. The van der Waals surface area contributed by atoms with E-state index in [0.29, 0.717) is 22.7 Å². The fourth-order valence-corrected chi connectivity index (χ4v) is 3.55. The van der Waals surface area contributed by atoms with Crippen LogP contribution in [0.1, 0.15) is 48.0 Å². The Kier molecular flexibility index (Phi) is 2.93. The predicted octanol–water partition coefficient (Wildman–Crippen LogP) is 2.97. The van der Waals surface area contributed by atoms with Gasteiger partial charge in [0, 0.05) is 31.5 Å². The topological polar surface area (TPSA) is 20.3 Å². The first-order valence-corrected chi connectivity index (χ1v) is 6.96. The minimum absolute atomic E-state index is 0.216. The number of nitrogens with zero attached hydrogens (tertiary/aromatic N) is 1. The number of piperidine rings is 1. The SMILES string of the molecule is CC1C(=O)CCN(CC2C(C)(C)C2(C)C)C1C. The molecule has 0 aromatic heterocycles. The summed E-state index contributed by atoms with van der Waals surface area (Å²) in [7, 11) is 0. The van der Waals surface area contributed by atoms with Crippen molar-refractivity contribution in [3.63, 3.8) is 0 Å². The van der Waals surface area contributed by atoms with E-state index >= 15 is 0 Å². The molecule has 0 N–H and O–H groups in total. The highest BCUT2D eigenvalue weighted by molar-refractivity contribution is 5.82. The van der Waals surface area contributed by atoms with Crippen molar-refractivity contribution in [3.8, 4) is 0 Å². The van der Waals surface area contributed by atoms with Crippen LogP contribution < -0.4 is 0 Å². The van der Waals surface area contributed by atoms with E-state index in [0.717, 1.165) is 18.9 Å². The largest absolute Gasteiger partial charge is 0.299 e. The van der Waals surface area contributed by atoms with Gasteiger partial charge in [0.15, 0.2) is 0 Å². The van der Waals surface area contributed by atoms with E-state index in [1.807, 2.05) is 0 Å². The maximum atomic E-state index is 11.7. The number of carbonyl (C=O) groups is 1. The summed E-state index contributed by atoms with van der Waals surface area (Å²) in [5, 5.41) is 0. The van der Waals surface area contributed by atoms with Gasteiger partial charge in [0.05, 0.1) is 0 Å². The van der Waals surface area contributed by atoms with Gasteiger partial charge in [0.1, 0.15) is 5.78 Å². The van der Waals surface area contributed by atoms with Crippen LogP contribution in [0.5, 0.6) is 0 Å². The lowest BCUT2D eigenvalue weighted by molar-refractivity contribution is -0.128. The molecule has 0 aromatic carbocycles. The molecular formula is C15H27NO. The molecular weight excluding hydrogens is 210 g/mol. The van der Waals surface area contributed by atoms with Gasteiger partial charge in [-0.05, 0) is 23.7 Å². The Morgan fingerprint density at radius 1 is 1.18 bits per heavy atom. The van der Waals surface area contributed by atoms with Crippen LogP contribution in [0.2, 0.25) is 0 Å². The number of likely N-dealkylation sites (tertiary alicyclic amines) is 1. The first-order chi connectivity index (χ1) is 7.69. The zero-order valence-corrected chi connectivity index (χ0v) is 12.2. The highest BCUT2D eigenvalue weighted by Crippen LogP contribution is 2.68. The molecule has 98 valence electrons. The summed E-state index contributed by atoms with van der Waals surface area (Å²) in [6.07, 6.45) is 0.749. The molecule has 2 fully saturated rings. The average Bonchev–Trinajstić information content (AvgIpc) is 2.61. The summed E-state index contributed by atoms with van der Waals surface area (Å²) in [5.74, 6) is 1.44. The molecule has 2 heteroatoms. The summed E-state index contributed by atoms with van der Waals surface area (Å²) in [4.78, 5) is 14.2. The van der Waals surface area contributed by atoms with Gasteiger partial charge in [-0.25, -0.2) is 0 Å². The quantitative estimate of drug-likeness (QED) is 0.736. The molecule has 0 aromatic rings. The van der Waals surface area contributed by atoms with E-state index in [-0.39, 0.29) is 5.92 Å². The van der Waals surface area contributed by atoms with Crippen molar-refractivity contribution < 1.29 is 4.79 Å². The maximum absolute atomic E-state index is 11.7. The van der Waals surface area contributed by atoms with Crippen LogP contribution in [0.15, 0.2) is 0 Å². The lowest BCUT2D eigenvalue weighted by Crippen LogP contribution is -2.47. The number of rotatable bonds is 2.